The Morgan fingerprint density at radius 1 is 1.23 bits per heavy atom. The fourth-order valence-corrected chi connectivity index (χ4v) is 4.88. The van der Waals surface area contributed by atoms with Crippen molar-refractivity contribution in [2.24, 2.45) is 5.10 Å². The Labute approximate surface area is 185 Å². The third-order valence-electron chi connectivity index (χ3n) is 3.81. The summed E-state index contributed by atoms with van der Waals surface area (Å²) in [5.41, 5.74) is 3.62. The lowest BCUT2D eigenvalue weighted by molar-refractivity contribution is 0.0955. The highest BCUT2D eigenvalue weighted by atomic mass is 79.9. The lowest BCUT2D eigenvalue weighted by atomic mass is 10.2. The molecule has 0 radical (unpaired) electrons. The van der Waals surface area contributed by atoms with Crippen LogP contribution in [0.1, 0.15) is 15.9 Å². The predicted molar refractivity (Wildman–Crippen MR) is 119 cm³/mol. The molecular formula is C19H16BrN3O5S2. The average molecular weight is 510 g/mol. The number of thiophene rings is 1. The third kappa shape index (κ3) is 5.17. The number of phenolic OH excluding ortho intramolecular Hbond substituents is 1. The van der Waals surface area contributed by atoms with Gasteiger partial charge < -0.3 is 9.84 Å². The number of phenols is 1. The molecule has 0 aliphatic carbocycles. The molecule has 0 saturated carbocycles. The molecule has 8 nitrogen and oxygen atoms in total. The van der Waals surface area contributed by atoms with Crippen molar-refractivity contribution in [3.63, 3.8) is 0 Å². The Kier molecular flexibility index (Phi) is 6.75. The number of anilines is 1. The van der Waals surface area contributed by atoms with E-state index in [4.69, 9.17) is 4.74 Å². The molecule has 11 heteroatoms. The predicted octanol–water partition coefficient (Wildman–Crippen LogP) is 3.79. The highest BCUT2D eigenvalue weighted by molar-refractivity contribution is 9.10. The van der Waals surface area contributed by atoms with E-state index in [1.165, 1.54) is 43.7 Å². The number of benzene rings is 2. The number of ether oxygens (including phenoxy) is 1. The molecular weight excluding hydrogens is 494 g/mol. The fraction of sp³-hybridized carbons (Fsp3) is 0.0526. The second kappa shape index (κ2) is 9.28. The Bertz CT molecular complexity index is 1180. The number of aromatic hydroxyl groups is 1. The van der Waals surface area contributed by atoms with Gasteiger partial charge in [-0.2, -0.15) is 5.10 Å². The van der Waals surface area contributed by atoms with E-state index < -0.39 is 15.9 Å². The van der Waals surface area contributed by atoms with Crippen molar-refractivity contribution < 1.29 is 23.1 Å². The van der Waals surface area contributed by atoms with E-state index >= 15 is 0 Å². The summed E-state index contributed by atoms with van der Waals surface area (Å²) in [5, 5.41) is 15.4. The van der Waals surface area contributed by atoms with Gasteiger partial charge in [0.2, 0.25) is 0 Å². The molecule has 30 heavy (non-hydrogen) atoms. The van der Waals surface area contributed by atoms with Crippen LogP contribution >= 0.6 is 27.3 Å². The zero-order valence-corrected chi connectivity index (χ0v) is 18.7. The number of sulfonamides is 1. The third-order valence-corrected chi connectivity index (χ3v) is 7.19. The number of hydrogen-bond acceptors (Lipinski definition) is 7. The number of nitrogens with zero attached hydrogens (tertiary/aromatic N) is 1. The van der Waals surface area contributed by atoms with E-state index in [1.54, 1.807) is 23.6 Å². The van der Waals surface area contributed by atoms with E-state index in [-0.39, 0.29) is 15.7 Å². The summed E-state index contributed by atoms with van der Waals surface area (Å²) in [6, 6.07) is 12.3. The molecule has 3 aromatic rings. The Balaban J connectivity index is 1.64. The van der Waals surface area contributed by atoms with Crippen LogP contribution in [0.3, 0.4) is 0 Å². The Morgan fingerprint density at radius 2 is 1.97 bits per heavy atom. The summed E-state index contributed by atoms with van der Waals surface area (Å²) in [4.78, 5) is 12.2. The molecule has 1 aromatic heterocycles. The highest BCUT2D eigenvalue weighted by Crippen LogP contribution is 2.34. The summed E-state index contributed by atoms with van der Waals surface area (Å²) >= 11 is 4.32. The SMILES string of the molecule is COc1cc(/C=N\NC(=O)c2ccc(NS(=O)(=O)c3cccs3)cc2)cc(Br)c1O. The molecule has 0 aliphatic heterocycles. The summed E-state index contributed by atoms with van der Waals surface area (Å²) in [5.74, 6) is -0.241. The minimum atomic E-state index is -3.65. The van der Waals surface area contributed by atoms with Crippen LogP contribution in [0.5, 0.6) is 11.5 Å². The molecule has 156 valence electrons. The molecule has 0 spiro atoms. The van der Waals surface area contributed by atoms with Gasteiger partial charge in [0.1, 0.15) is 4.21 Å². The highest BCUT2D eigenvalue weighted by Gasteiger charge is 2.15. The lowest BCUT2D eigenvalue weighted by Gasteiger charge is -2.07. The van der Waals surface area contributed by atoms with Gasteiger partial charge in [0.05, 0.1) is 17.8 Å². The number of halogens is 1. The van der Waals surface area contributed by atoms with Gasteiger partial charge in [-0.15, -0.1) is 11.3 Å². The largest absolute Gasteiger partial charge is 0.503 e. The van der Waals surface area contributed by atoms with Gasteiger partial charge in [-0.05, 0) is 69.3 Å². The van der Waals surface area contributed by atoms with Crippen molar-refractivity contribution in [2.75, 3.05) is 11.8 Å². The molecule has 3 rings (SSSR count). The maximum Gasteiger partial charge on any atom is 0.271 e. The van der Waals surface area contributed by atoms with E-state index in [1.807, 2.05) is 0 Å². The van der Waals surface area contributed by atoms with Crippen molar-refractivity contribution >= 4 is 55.1 Å². The number of hydrogen-bond donors (Lipinski definition) is 3. The number of hydrazone groups is 1. The maximum atomic E-state index is 12.2. The van der Waals surface area contributed by atoms with Gasteiger partial charge in [0.15, 0.2) is 11.5 Å². The van der Waals surface area contributed by atoms with Gasteiger partial charge in [-0.25, -0.2) is 13.8 Å². The van der Waals surface area contributed by atoms with Gasteiger partial charge in [-0.3, -0.25) is 9.52 Å². The van der Waals surface area contributed by atoms with E-state index in [9.17, 15) is 18.3 Å². The summed E-state index contributed by atoms with van der Waals surface area (Å²) in [6.45, 7) is 0. The van der Waals surface area contributed by atoms with Crippen LogP contribution in [0.25, 0.3) is 0 Å². The molecule has 1 heterocycles. The number of rotatable bonds is 7. The quantitative estimate of drug-likeness (QED) is 0.330. The van der Waals surface area contributed by atoms with Crippen LogP contribution in [0, 0.1) is 0 Å². The summed E-state index contributed by atoms with van der Waals surface area (Å²) in [6.07, 6.45) is 1.40. The number of amides is 1. The first-order chi connectivity index (χ1) is 14.3. The van der Waals surface area contributed by atoms with Crippen LogP contribution in [-0.4, -0.2) is 32.8 Å². The molecule has 0 saturated heterocycles. The standard InChI is InChI=1S/C19H16BrN3O5S2/c1-28-16-10-12(9-15(20)18(16)24)11-21-22-19(25)13-4-6-14(7-5-13)23-30(26,27)17-3-2-8-29-17/h2-11,23-24H,1H3,(H,22,25)/b21-11-. The van der Waals surface area contributed by atoms with Crippen LogP contribution in [0.2, 0.25) is 0 Å². The monoisotopic (exact) mass is 509 g/mol. The molecule has 0 bridgehead atoms. The van der Waals surface area contributed by atoms with Gasteiger partial charge in [0, 0.05) is 11.3 Å². The number of carbonyl (C=O) groups excluding carboxylic acids is 1. The van der Waals surface area contributed by atoms with Crippen LogP contribution < -0.4 is 14.9 Å². The fourth-order valence-electron chi connectivity index (χ4n) is 2.37. The molecule has 2 aromatic carbocycles. The molecule has 0 aliphatic rings. The van der Waals surface area contributed by atoms with Crippen molar-refractivity contribution in [2.45, 2.75) is 4.21 Å². The minimum Gasteiger partial charge on any atom is -0.503 e. The second-order valence-corrected chi connectivity index (χ2v) is 9.58. The van der Waals surface area contributed by atoms with E-state index in [0.717, 1.165) is 11.3 Å². The molecule has 1 amide bonds. The average Bonchev–Trinajstić information content (AvgIpc) is 3.26. The molecule has 0 atom stereocenters. The molecule has 0 unspecified atom stereocenters. The van der Waals surface area contributed by atoms with E-state index in [0.29, 0.717) is 21.3 Å². The first-order valence-electron chi connectivity index (χ1n) is 8.36. The van der Waals surface area contributed by atoms with Crippen LogP contribution in [0.15, 0.2) is 67.7 Å². The van der Waals surface area contributed by atoms with Gasteiger partial charge in [0.25, 0.3) is 15.9 Å². The minimum absolute atomic E-state index is 0.0338. The van der Waals surface area contributed by atoms with Crippen molar-refractivity contribution in [1.82, 2.24) is 5.43 Å². The summed E-state index contributed by atoms with van der Waals surface area (Å²) in [7, 11) is -2.22. The molecule has 3 N–H and O–H groups in total. The second-order valence-electron chi connectivity index (χ2n) is 5.87. The Morgan fingerprint density at radius 3 is 2.60 bits per heavy atom. The van der Waals surface area contributed by atoms with Gasteiger partial charge in [-0.1, -0.05) is 6.07 Å². The summed E-state index contributed by atoms with van der Waals surface area (Å²) < 4.78 is 32.6. The molecule has 0 fully saturated rings. The van der Waals surface area contributed by atoms with Gasteiger partial charge >= 0.3 is 0 Å². The van der Waals surface area contributed by atoms with Crippen molar-refractivity contribution in [3.05, 3.63) is 69.5 Å². The first kappa shape index (κ1) is 21.8. The van der Waals surface area contributed by atoms with Crippen molar-refractivity contribution in [1.29, 1.82) is 0 Å². The topological polar surface area (TPSA) is 117 Å². The van der Waals surface area contributed by atoms with Crippen LogP contribution in [0.4, 0.5) is 5.69 Å². The zero-order chi connectivity index (χ0) is 21.7. The lowest BCUT2D eigenvalue weighted by Crippen LogP contribution is -2.17. The van der Waals surface area contributed by atoms with Crippen LogP contribution in [-0.2, 0) is 10.0 Å². The van der Waals surface area contributed by atoms with E-state index in [2.05, 4.69) is 31.2 Å². The number of methoxy groups -OCH3 is 1. The maximum absolute atomic E-state index is 12.2. The first-order valence-corrected chi connectivity index (χ1v) is 11.5. The van der Waals surface area contributed by atoms with Crippen molar-refractivity contribution in [3.8, 4) is 11.5 Å². The Hall–Kier alpha value is -2.89. The normalized spacial score (nSPS) is 11.4. The number of nitrogens with one attached hydrogen (secondary N) is 2. The number of carbonyl (C=O) groups is 1. The zero-order valence-electron chi connectivity index (χ0n) is 15.5. The smallest absolute Gasteiger partial charge is 0.271 e.